The number of hydrogen-bond acceptors (Lipinski definition) is 7. The first kappa shape index (κ1) is 26.7. The van der Waals surface area contributed by atoms with Gasteiger partial charge in [-0.1, -0.05) is 41.6 Å². The Morgan fingerprint density at radius 1 is 1.22 bits per heavy atom. The van der Waals surface area contributed by atoms with Crippen LogP contribution in [0.1, 0.15) is 24.5 Å². The molecule has 0 atom stereocenters. The first-order valence-corrected chi connectivity index (χ1v) is 12.1. The largest absolute Gasteiger partial charge is 0.490 e. The summed E-state index contributed by atoms with van der Waals surface area (Å²) in [5, 5.41) is 16.4. The van der Waals surface area contributed by atoms with E-state index in [1.807, 2.05) is 44.3 Å². The van der Waals surface area contributed by atoms with Crippen LogP contribution in [0.3, 0.4) is 0 Å². The molecule has 1 aromatic heterocycles. The van der Waals surface area contributed by atoms with Crippen molar-refractivity contribution in [3.63, 3.8) is 0 Å². The number of nitrogens with zero attached hydrogens (tertiary/aromatic N) is 4. The van der Waals surface area contributed by atoms with Crippen LogP contribution in [-0.2, 0) is 20.2 Å². The Labute approximate surface area is 212 Å². The first-order chi connectivity index (χ1) is 15.1. The molecule has 0 aliphatic rings. The van der Waals surface area contributed by atoms with Crippen LogP contribution in [0.25, 0.3) is 0 Å². The maximum Gasteiger partial charge on any atom is 0.209 e. The highest BCUT2D eigenvalue weighted by molar-refractivity contribution is 9.10. The number of thioether (sulfide) groups is 1. The molecule has 0 saturated carbocycles. The maximum atomic E-state index is 6.24. The zero-order chi connectivity index (χ0) is 22.1. The molecular weight excluding hydrogens is 537 g/mol. The van der Waals surface area contributed by atoms with Crippen molar-refractivity contribution in [2.45, 2.75) is 31.7 Å². The van der Waals surface area contributed by atoms with E-state index >= 15 is 0 Å². The lowest BCUT2D eigenvalue weighted by atomic mass is 10.2. The Morgan fingerprint density at radius 2 is 2.03 bits per heavy atom. The highest BCUT2D eigenvalue weighted by Gasteiger charge is 2.13. The lowest BCUT2D eigenvalue weighted by Crippen LogP contribution is -2.15. The Hall–Kier alpha value is -1.52. The number of aryl methyl sites for hydroxylation is 1. The standard InChI is InChI=1S/C21H25BrClN5O2S.ClH/c1-3-29-19-12-15(13-24-9-6-10-31-21-25-26-27-28(21)2)11-17(22)20(19)30-14-16-7-4-5-8-18(16)23;/h4-5,7-8,11-12,24H,3,6,9-10,13-14H2,1-2H3;1H. The molecule has 1 N–H and O–H groups in total. The maximum absolute atomic E-state index is 6.24. The molecule has 174 valence electrons. The molecule has 11 heteroatoms. The zero-order valence-electron chi connectivity index (χ0n) is 17.9. The number of nitrogens with one attached hydrogen (secondary N) is 1. The quantitative estimate of drug-likeness (QED) is 0.237. The summed E-state index contributed by atoms with van der Waals surface area (Å²) < 4.78 is 14.4. The van der Waals surface area contributed by atoms with Gasteiger partial charge in [0.1, 0.15) is 6.61 Å². The molecule has 0 aliphatic carbocycles. The van der Waals surface area contributed by atoms with Crippen molar-refractivity contribution in [2.75, 3.05) is 18.9 Å². The number of tetrazole rings is 1. The first-order valence-electron chi connectivity index (χ1n) is 9.95. The van der Waals surface area contributed by atoms with E-state index in [4.69, 9.17) is 21.1 Å². The molecule has 0 amide bonds. The fourth-order valence-electron chi connectivity index (χ4n) is 2.83. The van der Waals surface area contributed by atoms with Crippen molar-refractivity contribution in [3.8, 4) is 11.5 Å². The third-order valence-corrected chi connectivity index (χ3v) is 6.39. The molecule has 7 nitrogen and oxygen atoms in total. The molecule has 2 aromatic carbocycles. The third-order valence-electron chi connectivity index (χ3n) is 4.34. The summed E-state index contributed by atoms with van der Waals surface area (Å²) in [7, 11) is 1.84. The van der Waals surface area contributed by atoms with Gasteiger partial charge in [-0.25, -0.2) is 4.68 Å². The minimum atomic E-state index is 0. The zero-order valence-corrected chi connectivity index (χ0v) is 21.9. The fraction of sp³-hybridized carbons (Fsp3) is 0.381. The van der Waals surface area contributed by atoms with Gasteiger partial charge in [-0.15, -0.1) is 17.5 Å². The van der Waals surface area contributed by atoms with Crippen LogP contribution < -0.4 is 14.8 Å². The molecule has 0 radical (unpaired) electrons. The monoisotopic (exact) mass is 561 g/mol. The lowest BCUT2D eigenvalue weighted by Gasteiger charge is -2.16. The van der Waals surface area contributed by atoms with E-state index in [9.17, 15) is 0 Å². The van der Waals surface area contributed by atoms with Crippen LogP contribution in [0.2, 0.25) is 5.02 Å². The fourth-order valence-corrected chi connectivity index (χ4v) is 4.41. The lowest BCUT2D eigenvalue weighted by molar-refractivity contribution is 0.267. The minimum absolute atomic E-state index is 0. The Kier molecular flexibility index (Phi) is 11.6. The molecule has 3 aromatic rings. The highest BCUT2D eigenvalue weighted by Crippen LogP contribution is 2.37. The highest BCUT2D eigenvalue weighted by atomic mass is 79.9. The van der Waals surface area contributed by atoms with Gasteiger partial charge in [-0.3, -0.25) is 0 Å². The van der Waals surface area contributed by atoms with Crippen LogP contribution in [0.15, 0.2) is 46.0 Å². The molecule has 32 heavy (non-hydrogen) atoms. The van der Waals surface area contributed by atoms with Crippen LogP contribution >= 0.6 is 51.7 Å². The van der Waals surface area contributed by atoms with E-state index < -0.39 is 0 Å². The van der Waals surface area contributed by atoms with Crippen molar-refractivity contribution in [1.82, 2.24) is 25.5 Å². The predicted octanol–water partition coefficient (Wildman–Crippen LogP) is 5.30. The van der Waals surface area contributed by atoms with Gasteiger partial charge in [0, 0.05) is 29.9 Å². The van der Waals surface area contributed by atoms with Gasteiger partial charge in [0.15, 0.2) is 11.5 Å². The Balaban J connectivity index is 0.00000363. The van der Waals surface area contributed by atoms with Crippen molar-refractivity contribution >= 4 is 51.7 Å². The van der Waals surface area contributed by atoms with Crippen molar-refractivity contribution in [3.05, 3.63) is 57.0 Å². The second-order valence-corrected chi connectivity index (χ2v) is 9.01. The van der Waals surface area contributed by atoms with Gasteiger partial charge in [0.25, 0.3) is 0 Å². The molecule has 3 rings (SSSR count). The van der Waals surface area contributed by atoms with Crippen LogP contribution in [0.5, 0.6) is 11.5 Å². The normalized spacial score (nSPS) is 10.6. The predicted molar refractivity (Wildman–Crippen MR) is 134 cm³/mol. The molecule has 0 bridgehead atoms. The molecule has 0 unspecified atom stereocenters. The summed E-state index contributed by atoms with van der Waals surface area (Å²) >= 11 is 11.5. The summed E-state index contributed by atoms with van der Waals surface area (Å²) in [5.41, 5.74) is 2.05. The van der Waals surface area contributed by atoms with E-state index in [-0.39, 0.29) is 12.4 Å². The Bertz CT molecular complexity index is 993. The minimum Gasteiger partial charge on any atom is -0.490 e. The van der Waals surface area contributed by atoms with E-state index in [1.165, 1.54) is 0 Å². The van der Waals surface area contributed by atoms with E-state index in [1.54, 1.807) is 16.4 Å². The number of benzene rings is 2. The van der Waals surface area contributed by atoms with E-state index in [2.05, 4.69) is 42.8 Å². The number of hydrogen-bond donors (Lipinski definition) is 1. The summed E-state index contributed by atoms with van der Waals surface area (Å²) in [6.07, 6.45) is 1.01. The molecule has 0 fully saturated rings. The number of ether oxygens (including phenoxy) is 2. The molecule has 0 saturated heterocycles. The van der Waals surface area contributed by atoms with Gasteiger partial charge >= 0.3 is 0 Å². The van der Waals surface area contributed by atoms with Crippen molar-refractivity contribution in [1.29, 1.82) is 0 Å². The van der Waals surface area contributed by atoms with Gasteiger partial charge in [0.05, 0.1) is 11.1 Å². The van der Waals surface area contributed by atoms with Crippen LogP contribution in [-0.4, -0.2) is 39.1 Å². The van der Waals surface area contributed by atoms with Crippen molar-refractivity contribution < 1.29 is 9.47 Å². The average molecular weight is 563 g/mol. The van der Waals surface area contributed by atoms with Crippen LogP contribution in [0, 0.1) is 0 Å². The molecule has 1 heterocycles. The number of rotatable bonds is 12. The summed E-state index contributed by atoms with van der Waals surface area (Å²) in [6.45, 7) is 4.51. The molecule has 0 aliphatic heterocycles. The summed E-state index contributed by atoms with van der Waals surface area (Å²) in [4.78, 5) is 0. The SMILES string of the molecule is CCOc1cc(CNCCCSc2nnnn2C)cc(Br)c1OCc1ccccc1Cl.Cl. The Morgan fingerprint density at radius 3 is 2.75 bits per heavy atom. The van der Waals surface area contributed by atoms with Gasteiger partial charge < -0.3 is 14.8 Å². The molecular formula is C21H26BrCl2N5O2S. The molecule has 0 spiro atoms. The topological polar surface area (TPSA) is 74.1 Å². The van der Waals surface area contributed by atoms with E-state index in [0.717, 1.165) is 46.0 Å². The van der Waals surface area contributed by atoms with E-state index in [0.29, 0.717) is 29.7 Å². The second kappa shape index (κ2) is 13.9. The third kappa shape index (κ3) is 7.81. The van der Waals surface area contributed by atoms with Gasteiger partial charge in [0.2, 0.25) is 5.16 Å². The summed E-state index contributed by atoms with van der Waals surface area (Å²) in [5.74, 6) is 2.34. The smallest absolute Gasteiger partial charge is 0.209 e. The second-order valence-electron chi connectivity index (χ2n) is 6.68. The van der Waals surface area contributed by atoms with Gasteiger partial charge in [-0.2, -0.15) is 0 Å². The number of halogens is 3. The van der Waals surface area contributed by atoms with Crippen molar-refractivity contribution in [2.24, 2.45) is 7.05 Å². The van der Waals surface area contributed by atoms with Crippen LogP contribution in [0.4, 0.5) is 0 Å². The van der Waals surface area contributed by atoms with Gasteiger partial charge in [-0.05, 0) is 70.0 Å². The number of aromatic nitrogens is 4. The summed E-state index contributed by atoms with van der Waals surface area (Å²) in [6, 6.07) is 11.7. The average Bonchev–Trinajstić information content (AvgIpc) is 3.16.